The molecule has 0 saturated heterocycles. The third kappa shape index (κ3) is 2.11. The van der Waals surface area contributed by atoms with Gasteiger partial charge in [-0.05, 0) is 18.2 Å². The van der Waals surface area contributed by atoms with Crippen LogP contribution in [0, 0.1) is 6.92 Å². The Bertz CT molecular complexity index is 425. The van der Waals surface area contributed by atoms with Gasteiger partial charge < -0.3 is 6.92 Å². The summed E-state index contributed by atoms with van der Waals surface area (Å²) in [5.74, 6) is 0. The van der Waals surface area contributed by atoms with Crippen molar-refractivity contribution in [2.45, 2.75) is 13.0 Å². The Balaban J connectivity index is 0.000000980. The molecule has 0 spiro atoms. The first kappa shape index (κ1) is 11.6. The zero-order valence-corrected chi connectivity index (χ0v) is 9.33. The third-order valence-electron chi connectivity index (χ3n) is 1.98. The van der Waals surface area contributed by atoms with Crippen molar-refractivity contribution in [3.63, 3.8) is 0 Å². The van der Waals surface area contributed by atoms with E-state index in [1.54, 1.807) is 0 Å². The number of benzene rings is 1. The molecule has 77 valence electrons. The van der Waals surface area contributed by atoms with Crippen LogP contribution in [-0.4, -0.2) is 9.78 Å². The van der Waals surface area contributed by atoms with Gasteiger partial charge in [0.2, 0.25) is 0 Å². The van der Waals surface area contributed by atoms with E-state index in [1.807, 2.05) is 29.1 Å². The van der Waals surface area contributed by atoms with Crippen LogP contribution in [0.25, 0.3) is 10.9 Å². The smallest absolute Gasteiger partial charge is 0.0696 e. The minimum Gasteiger partial charge on any atom is -0.342 e. The molecular weight excluding hydrogens is 243 g/mol. The monoisotopic (exact) mass is 252 g/mol. The van der Waals surface area contributed by atoms with Crippen molar-refractivity contribution in [2.24, 2.45) is 0 Å². The van der Waals surface area contributed by atoms with Crippen molar-refractivity contribution in [2.75, 3.05) is 0 Å². The van der Waals surface area contributed by atoms with Crippen molar-refractivity contribution in [1.29, 1.82) is 0 Å². The molecule has 2 aromatic rings. The van der Waals surface area contributed by atoms with E-state index in [9.17, 15) is 0 Å². The van der Waals surface area contributed by atoms with Crippen molar-refractivity contribution >= 4 is 22.5 Å². The normalized spacial score (nSPS) is 10.1. The van der Waals surface area contributed by atoms with Crippen LogP contribution in [0.15, 0.2) is 24.4 Å². The van der Waals surface area contributed by atoms with Crippen LogP contribution in [0.2, 0.25) is 5.02 Å². The molecule has 0 saturated carbocycles. The summed E-state index contributed by atoms with van der Waals surface area (Å²) < 4.78 is 1.92. The maximum atomic E-state index is 5.89. The van der Waals surface area contributed by atoms with Gasteiger partial charge in [-0.15, -0.1) is 0 Å². The Morgan fingerprint density at radius 1 is 1.43 bits per heavy atom. The number of aromatic nitrogens is 2. The number of hydrogen-bond donors (Lipinski definition) is 0. The van der Waals surface area contributed by atoms with Crippen LogP contribution in [-0.2, 0) is 23.3 Å². The number of hydrogen-bond acceptors (Lipinski definition) is 1. The Morgan fingerprint density at radius 2 is 2.21 bits per heavy atom. The largest absolute Gasteiger partial charge is 0.342 e. The van der Waals surface area contributed by atoms with Gasteiger partial charge in [0.15, 0.2) is 0 Å². The maximum absolute atomic E-state index is 5.89. The van der Waals surface area contributed by atoms with Crippen molar-refractivity contribution < 1.29 is 16.8 Å². The van der Waals surface area contributed by atoms with Gasteiger partial charge in [0.1, 0.15) is 0 Å². The van der Waals surface area contributed by atoms with Crippen LogP contribution in [0.5, 0.6) is 0 Å². The minimum absolute atomic E-state index is 0. The zero-order chi connectivity index (χ0) is 9.26. The summed E-state index contributed by atoms with van der Waals surface area (Å²) >= 11 is 5.89. The van der Waals surface area contributed by atoms with Gasteiger partial charge in [-0.1, -0.05) is 11.6 Å². The fraction of sp³-hybridized carbons (Fsp3) is 0.200. The summed E-state index contributed by atoms with van der Waals surface area (Å²) in [5, 5.41) is 6.12. The van der Waals surface area contributed by atoms with E-state index < -0.39 is 0 Å². The second kappa shape index (κ2) is 4.82. The van der Waals surface area contributed by atoms with Gasteiger partial charge in [0.25, 0.3) is 0 Å². The van der Waals surface area contributed by atoms with E-state index >= 15 is 0 Å². The van der Waals surface area contributed by atoms with Gasteiger partial charge in [-0.25, -0.2) is 0 Å². The minimum atomic E-state index is 0. The molecule has 0 unspecified atom stereocenters. The summed E-state index contributed by atoms with van der Waals surface area (Å²) in [6, 6.07) is 5.78. The second-order valence-corrected chi connectivity index (χ2v) is 3.36. The average Bonchev–Trinajstić information content (AvgIpc) is 2.49. The molecular formula is C10H10ClCoN2-. The third-order valence-corrected chi connectivity index (χ3v) is 2.21. The summed E-state index contributed by atoms with van der Waals surface area (Å²) in [6.45, 7) is 4.63. The summed E-state index contributed by atoms with van der Waals surface area (Å²) in [6.07, 6.45) is 2.69. The number of aryl methyl sites for hydroxylation is 1. The van der Waals surface area contributed by atoms with Gasteiger partial charge >= 0.3 is 0 Å². The molecule has 0 fully saturated rings. The van der Waals surface area contributed by atoms with E-state index in [2.05, 4.69) is 12.0 Å². The molecule has 0 atom stereocenters. The van der Waals surface area contributed by atoms with Gasteiger partial charge in [0, 0.05) is 33.7 Å². The molecule has 0 aliphatic heterocycles. The Kier molecular flexibility index (Phi) is 3.98. The summed E-state index contributed by atoms with van der Waals surface area (Å²) in [4.78, 5) is 0. The number of halogens is 1. The fourth-order valence-corrected chi connectivity index (χ4v) is 1.54. The fourth-order valence-electron chi connectivity index (χ4n) is 1.37. The summed E-state index contributed by atoms with van der Waals surface area (Å²) in [5.41, 5.74) is 1.08. The molecule has 2 nitrogen and oxygen atoms in total. The molecule has 0 aliphatic rings. The molecule has 1 aromatic heterocycles. The molecule has 0 aliphatic carbocycles. The molecule has 4 heteroatoms. The van der Waals surface area contributed by atoms with E-state index in [4.69, 9.17) is 11.6 Å². The van der Waals surface area contributed by atoms with Crippen molar-refractivity contribution in [3.05, 3.63) is 36.3 Å². The van der Waals surface area contributed by atoms with Crippen molar-refractivity contribution in [3.8, 4) is 0 Å². The molecule has 0 bridgehead atoms. The van der Waals surface area contributed by atoms with Crippen LogP contribution in [0.3, 0.4) is 0 Å². The Labute approximate surface area is 98.4 Å². The summed E-state index contributed by atoms with van der Waals surface area (Å²) in [7, 11) is 0. The topological polar surface area (TPSA) is 17.8 Å². The number of fused-ring (bicyclic) bond motifs is 1. The molecule has 0 N–H and O–H groups in total. The first-order valence-corrected chi connectivity index (χ1v) is 4.59. The Morgan fingerprint density at radius 3 is 2.93 bits per heavy atom. The quantitative estimate of drug-likeness (QED) is 0.752. The van der Waals surface area contributed by atoms with Gasteiger partial charge in [-0.2, -0.15) is 11.5 Å². The molecule has 1 radical (unpaired) electrons. The van der Waals surface area contributed by atoms with E-state index in [1.165, 1.54) is 0 Å². The zero-order valence-electron chi connectivity index (χ0n) is 7.54. The first-order valence-electron chi connectivity index (χ1n) is 4.21. The van der Waals surface area contributed by atoms with Crippen LogP contribution < -0.4 is 0 Å². The van der Waals surface area contributed by atoms with E-state index in [0.29, 0.717) is 0 Å². The predicted molar refractivity (Wildman–Crippen MR) is 54.7 cm³/mol. The maximum Gasteiger partial charge on any atom is 0.0696 e. The van der Waals surface area contributed by atoms with Crippen LogP contribution in [0.4, 0.5) is 0 Å². The standard InChI is InChI=1S/C10H10ClN2.Co/c1-2-5-13-10-6-9(11)4-3-8(10)7-12-13;/h3-4,6-7H,1-2,5H2;/q-1;. The second-order valence-electron chi connectivity index (χ2n) is 2.92. The Hall–Kier alpha value is -0.514. The van der Waals surface area contributed by atoms with E-state index in [-0.39, 0.29) is 16.8 Å². The number of nitrogens with zero attached hydrogens (tertiary/aromatic N) is 2. The van der Waals surface area contributed by atoms with Crippen molar-refractivity contribution in [1.82, 2.24) is 9.78 Å². The van der Waals surface area contributed by atoms with Crippen LogP contribution in [0.1, 0.15) is 6.42 Å². The molecule has 1 aromatic carbocycles. The average molecular weight is 253 g/mol. The van der Waals surface area contributed by atoms with E-state index in [0.717, 1.165) is 28.9 Å². The predicted octanol–water partition coefficient (Wildman–Crippen LogP) is 2.91. The molecule has 1 heterocycles. The SMILES string of the molecule is [CH2-]CCn1ncc2ccc(Cl)cc21.[Co]. The van der Waals surface area contributed by atoms with Gasteiger partial charge in [0.05, 0.1) is 11.7 Å². The molecule has 0 amide bonds. The number of rotatable bonds is 2. The first-order chi connectivity index (χ1) is 6.31. The van der Waals surface area contributed by atoms with Gasteiger partial charge in [-0.3, -0.25) is 4.68 Å². The van der Waals surface area contributed by atoms with Crippen LogP contribution >= 0.6 is 11.6 Å². The molecule has 2 rings (SSSR count). The molecule has 14 heavy (non-hydrogen) atoms.